The zero-order chi connectivity index (χ0) is 16.7. The van der Waals surface area contributed by atoms with Gasteiger partial charge in [-0.15, -0.1) is 0 Å². The van der Waals surface area contributed by atoms with E-state index in [1.807, 2.05) is 0 Å². The van der Waals surface area contributed by atoms with E-state index in [9.17, 15) is 9.59 Å². The van der Waals surface area contributed by atoms with Crippen LogP contribution in [-0.4, -0.2) is 29.2 Å². The normalized spacial score (nSPS) is 22.3. The minimum atomic E-state index is -0.710. The molecule has 1 N–H and O–H groups in total. The first-order valence-corrected chi connectivity index (χ1v) is 8.63. The Hall–Kier alpha value is -1.79. The molecule has 6 nitrogen and oxygen atoms in total. The number of fused-ring (bicyclic) bond motifs is 1. The number of hydrogen-bond acceptors (Lipinski definition) is 4. The summed E-state index contributed by atoms with van der Waals surface area (Å²) >= 11 is 6.17. The summed E-state index contributed by atoms with van der Waals surface area (Å²) in [6.07, 6.45) is 4.47. The molecule has 0 atom stereocenters. The fraction of sp³-hybridized carbons (Fsp3) is 0.529. The zero-order valence-corrected chi connectivity index (χ0v) is 14.0. The maximum Gasteiger partial charge on any atom is 0.325 e. The van der Waals surface area contributed by atoms with Crippen molar-refractivity contribution in [3.63, 3.8) is 0 Å². The lowest BCUT2D eigenvalue weighted by Crippen LogP contribution is -2.48. The molecule has 0 unspecified atom stereocenters. The van der Waals surface area contributed by atoms with Crippen molar-refractivity contribution in [2.75, 3.05) is 6.79 Å². The van der Waals surface area contributed by atoms with E-state index in [1.165, 1.54) is 4.90 Å². The van der Waals surface area contributed by atoms with Gasteiger partial charge in [0.25, 0.3) is 5.91 Å². The first-order valence-electron chi connectivity index (χ1n) is 8.25. The lowest BCUT2D eigenvalue weighted by atomic mass is 9.82. The SMILES string of the molecule is O=C1NC2(CCCCC2)C(=O)N1Cc1cc(Cl)cc2c1OCOC2. The maximum atomic E-state index is 12.9. The second kappa shape index (κ2) is 5.93. The molecule has 0 bridgehead atoms. The fourth-order valence-corrected chi connectivity index (χ4v) is 4.12. The molecule has 1 aromatic carbocycles. The molecule has 24 heavy (non-hydrogen) atoms. The summed E-state index contributed by atoms with van der Waals surface area (Å²) in [6.45, 7) is 0.730. The number of benzene rings is 1. The summed E-state index contributed by atoms with van der Waals surface area (Å²) in [5.41, 5.74) is 0.859. The second-order valence-electron chi connectivity index (χ2n) is 6.63. The molecule has 0 aromatic heterocycles. The average Bonchev–Trinajstić information content (AvgIpc) is 2.79. The number of carbonyl (C=O) groups excluding carboxylic acids is 2. The van der Waals surface area contributed by atoms with Gasteiger partial charge in [0.2, 0.25) is 0 Å². The van der Waals surface area contributed by atoms with Crippen LogP contribution in [0.4, 0.5) is 4.79 Å². The Balaban J connectivity index is 1.63. The number of imide groups is 1. The van der Waals surface area contributed by atoms with E-state index in [1.54, 1.807) is 12.1 Å². The van der Waals surface area contributed by atoms with Gasteiger partial charge in [0.15, 0.2) is 6.79 Å². The molecule has 1 aromatic rings. The standard InChI is InChI=1S/C17H19ClN2O4/c18-13-6-11(14-12(7-13)9-23-10-24-14)8-20-15(21)17(19-16(20)22)4-2-1-3-5-17/h6-7H,1-5,8-10H2,(H,19,22). The Morgan fingerprint density at radius 1 is 1.21 bits per heavy atom. The lowest BCUT2D eigenvalue weighted by molar-refractivity contribution is -0.132. The van der Waals surface area contributed by atoms with Gasteiger partial charge in [0.1, 0.15) is 11.3 Å². The van der Waals surface area contributed by atoms with E-state index < -0.39 is 5.54 Å². The van der Waals surface area contributed by atoms with Gasteiger partial charge in [-0.05, 0) is 25.0 Å². The molecule has 7 heteroatoms. The third-order valence-electron chi connectivity index (χ3n) is 5.03. The number of urea groups is 1. The van der Waals surface area contributed by atoms with Crippen LogP contribution in [0.15, 0.2) is 12.1 Å². The first kappa shape index (κ1) is 15.7. The molecule has 3 aliphatic rings. The lowest BCUT2D eigenvalue weighted by Gasteiger charge is -2.30. The number of halogens is 1. The number of carbonyl (C=O) groups is 2. The van der Waals surface area contributed by atoms with Crippen molar-refractivity contribution in [3.05, 3.63) is 28.3 Å². The van der Waals surface area contributed by atoms with Crippen LogP contribution < -0.4 is 10.1 Å². The van der Waals surface area contributed by atoms with Gasteiger partial charge in [-0.3, -0.25) is 9.69 Å². The molecule has 1 spiro atoms. The van der Waals surface area contributed by atoms with Gasteiger partial charge in [-0.1, -0.05) is 30.9 Å². The van der Waals surface area contributed by atoms with Gasteiger partial charge in [0.05, 0.1) is 13.2 Å². The Labute approximate surface area is 145 Å². The summed E-state index contributed by atoms with van der Waals surface area (Å²) in [7, 11) is 0. The predicted octanol–water partition coefficient (Wildman–Crippen LogP) is 2.96. The van der Waals surface area contributed by atoms with E-state index in [-0.39, 0.29) is 25.3 Å². The quantitative estimate of drug-likeness (QED) is 0.833. The third kappa shape index (κ3) is 2.54. The average molecular weight is 351 g/mol. The summed E-state index contributed by atoms with van der Waals surface area (Å²) in [4.78, 5) is 26.6. The van der Waals surface area contributed by atoms with Gasteiger partial charge in [0, 0.05) is 16.1 Å². The predicted molar refractivity (Wildman–Crippen MR) is 86.6 cm³/mol. The topological polar surface area (TPSA) is 67.9 Å². The molecular weight excluding hydrogens is 332 g/mol. The Bertz CT molecular complexity index is 700. The monoisotopic (exact) mass is 350 g/mol. The maximum absolute atomic E-state index is 12.9. The number of hydrogen-bond donors (Lipinski definition) is 1. The van der Waals surface area contributed by atoms with Crippen LogP contribution in [0, 0.1) is 0 Å². The van der Waals surface area contributed by atoms with E-state index in [2.05, 4.69) is 5.32 Å². The highest BCUT2D eigenvalue weighted by molar-refractivity contribution is 6.30. The molecule has 1 aliphatic carbocycles. The van der Waals surface area contributed by atoms with Crippen LogP contribution in [0.3, 0.4) is 0 Å². The third-order valence-corrected chi connectivity index (χ3v) is 5.25. The van der Waals surface area contributed by atoms with Gasteiger partial charge < -0.3 is 14.8 Å². The minimum Gasteiger partial charge on any atom is -0.467 e. The van der Waals surface area contributed by atoms with Crippen LogP contribution in [0.5, 0.6) is 5.75 Å². The van der Waals surface area contributed by atoms with Crippen molar-refractivity contribution < 1.29 is 19.1 Å². The van der Waals surface area contributed by atoms with Crippen LogP contribution in [0.2, 0.25) is 5.02 Å². The van der Waals surface area contributed by atoms with E-state index in [0.29, 0.717) is 30.2 Å². The number of amides is 3. The van der Waals surface area contributed by atoms with Gasteiger partial charge in [-0.2, -0.15) is 0 Å². The molecular formula is C17H19ClN2O4. The van der Waals surface area contributed by atoms with Crippen LogP contribution in [-0.2, 0) is 22.7 Å². The molecule has 128 valence electrons. The Morgan fingerprint density at radius 2 is 2.00 bits per heavy atom. The molecule has 2 aliphatic heterocycles. The van der Waals surface area contributed by atoms with Crippen molar-refractivity contribution >= 4 is 23.5 Å². The van der Waals surface area contributed by atoms with Crippen LogP contribution in [0.1, 0.15) is 43.2 Å². The molecule has 1 saturated heterocycles. The number of ether oxygens (including phenoxy) is 2. The Morgan fingerprint density at radius 3 is 2.79 bits per heavy atom. The molecule has 4 rings (SSSR count). The zero-order valence-electron chi connectivity index (χ0n) is 13.3. The van der Waals surface area contributed by atoms with Crippen molar-refractivity contribution in [1.82, 2.24) is 10.2 Å². The number of rotatable bonds is 2. The van der Waals surface area contributed by atoms with Gasteiger partial charge in [-0.25, -0.2) is 4.79 Å². The molecule has 2 heterocycles. The van der Waals surface area contributed by atoms with Crippen LogP contribution >= 0.6 is 11.6 Å². The molecule has 0 radical (unpaired) electrons. The summed E-state index contributed by atoms with van der Waals surface area (Å²) in [6, 6.07) is 3.20. The number of nitrogens with zero attached hydrogens (tertiary/aromatic N) is 1. The van der Waals surface area contributed by atoms with Gasteiger partial charge >= 0.3 is 6.03 Å². The minimum absolute atomic E-state index is 0.131. The highest BCUT2D eigenvalue weighted by atomic mass is 35.5. The van der Waals surface area contributed by atoms with E-state index in [4.69, 9.17) is 21.1 Å². The molecule has 3 amide bonds. The first-order chi connectivity index (χ1) is 11.6. The van der Waals surface area contributed by atoms with Crippen molar-refractivity contribution in [3.8, 4) is 5.75 Å². The smallest absolute Gasteiger partial charge is 0.325 e. The number of nitrogens with one attached hydrogen (secondary N) is 1. The highest BCUT2D eigenvalue weighted by Crippen LogP contribution is 2.37. The highest BCUT2D eigenvalue weighted by Gasteiger charge is 2.51. The second-order valence-corrected chi connectivity index (χ2v) is 7.06. The Kier molecular flexibility index (Phi) is 3.89. The van der Waals surface area contributed by atoms with E-state index >= 15 is 0 Å². The van der Waals surface area contributed by atoms with Crippen LogP contribution in [0.25, 0.3) is 0 Å². The molecule has 2 fully saturated rings. The summed E-state index contributed by atoms with van der Waals surface area (Å²) in [5.74, 6) is 0.531. The van der Waals surface area contributed by atoms with Crippen molar-refractivity contribution in [1.29, 1.82) is 0 Å². The van der Waals surface area contributed by atoms with Crippen molar-refractivity contribution in [2.24, 2.45) is 0 Å². The van der Waals surface area contributed by atoms with E-state index in [0.717, 1.165) is 30.4 Å². The summed E-state index contributed by atoms with van der Waals surface area (Å²) < 4.78 is 10.8. The molecule has 1 saturated carbocycles. The summed E-state index contributed by atoms with van der Waals surface area (Å²) in [5, 5.41) is 3.46. The van der Waals surface area contributed by atoms with Crippen molar-refractivity contribution in [2.45, 2.75) is 50.8 Å². The largest absolute Gasteiger partial charge is 0.467 e. The fourth-order valence-electron chi connectivity index (χ4n) is 3.86.